The summed E-state index contributed by atoms with van der Waals surface area (Å²) in [5.74, 6) is 0.321. The Hall–Kier alpha value is -1.37. The van der Waals surface area contributed by atoms with Crippen LogP contribution in [0.4, 0.5) is 5.69 Å². The van der Waals surface area contributed by atoms with E-state index in [-0.39, 0.29) is 17.3 Å². The molecular formula is C12H17ClN2O4. The quantitative estimate of drug-likeness (QED) is 0.434. The molecule has 0 saturated heterocycles. The number of nitro groups is 1. The van der Waals surface area contributed by atoms with E-state index in [2.05, 4.69) is 5.32 Å². The summed E-state index contributed by atoms with van der Waals surface area (Å²) in [7, 11) is 0. The van der Waals surface area contributed by atoms with Crippen molar-refractivity contribution < 1.29 is 14.8 Å². The molecule has 1 atom stereocenters. The Morgan fingerprint density at radius 3 is 2.89 bits per heavy atom. The molecule has 0 amide bonds. The minimum atomic E-state index is -0.655. The number of ether oxygens (including phenoxy) is 1. The molecule has 0 spiro atoms. The molecule has 2 N–H and O–H groups in total. The number of benzene rings is 1. The van der Waals surface area contributed by atoms with Crippen molar-refractivity contribution in [3.63, 3.8) is 0 Å². The van der Waals surface area contributed by atoms with Crippen molar-refractivity contribution in [2.75, 3.05) is 19.7 Å². The lowest BCUT2D eigenvalue weighted by Gasteiger charge is -2.13. The maximum Gasteiger partial charge on any atom is 0.271 e. The van der Waals surface area contributed by atoms with E-state index in [1.807, 2.05) is 6.92 Å². The number of aliphatic hydroxyl groups excluding tert-OH is 1. The van der Waals surface area contributed by atoms with Crippen molar-refractivity contribution in [1.29, 1.82) is 0 Å². The Balaban J connectivity index is 2.47. The summed E-state index contributed by atoms with van der Waals surface area (Å²) in [6.45, 7) is 3.37. The molecule has 1 aromatic rings. The lowest BCUT2D eigenvalue weighted by Crippen LogP contribution is -2.31. The second-order valence-corrected chi connectivity index (χ2v) is 4.45. The van der Waals surface area contributed by atoms with Gasteiger partial charge in [0.25, 0.3) is 5.69 Å². The van der Waals surface area contributed by atoms with Crippen LogP contribution >= 0.6 is 11.6 Å². The normalized spacial score (nSPS) is 12.2. The Bertz CT molecular complexity index is 428. The summed E-state index contributed by atoms with van der Waals surface area (Å²) in [5.41, 5.74) is -0.0949. The van der Waals surface area contributed by atoms with Crippen LogP contribution in [0, 0.1) is 10.1 Å². The molecule has 0 aliphatic heterocycles. The Morgan fingerprint density at radius 1 is 1.58 bits per heavy atom. The van der Waals surface area contributed by atoms with E-state index in [1.165, 1.54) is 18.2 Å². The maximum atomic E-state index is 10.5. The SMILES string of the molecule is CCCNCC(O)COc1ccc([N+](=O)[O-])cc1Cl. The number of hydrogen-bond donors (Lipinski definition) is 2. The van der Waals surface area contributed by atoms with Crippen LogP contribution in [-0.2, 0) is 0 Å². The molecule has 19 heavy (non-hydrogen) atoms. The third-order valence-corrected chi connectivity index (χ3v) is 2.66. The van der Waals surface area contributed by atoms with Gasteiger partial charge >= 0.3 is 0 Å². The zero-order chi connectivity index (χ0) is 14.3. The highest BCUT2D eigenvalue weighted by Crippen LogP contribution is 2.28. The van der Waals surface area contributed by atoms with E-state index in [0.717, 1.165) is 13.0 Å². The van der Waals surface area contributed by atoms with Gasteiger partial charge < -0.3 is 15.2 Å². The number of halogens is 1. The van der Waals surface area contributed by atoms with Gasteiger partial charge in [-0.25, -0.2) is 0 Å². The zero-order valence-corrected chi connectivity index (χ0v) is 11.4. The molecule has 1 unspecified atom stereocenters. The molecule has 0 saturated carbocycles. The summed E-state index contributed by atoms with van der Waals surface area (Å²) in [6.07, 6.45) is 0.333. The standard InChI is InChI=1S/C12H17ClN2O4/c1-2-5-14-7-10(16)8-19-12-4-3-9(15(17)18)6-11(12)13/h3-4,6,10,14,16H,2,5,7-8H2,1H3. The highest BCUT2D eigenvalue weighted by Gasteiger charge is 2.11. The van der Waals surface area contributed by atoms with Gasteiger partial charge in [0.15, 0.2) is 0 Å². The molecule has 0 bridgehead atoms. The minimum absolute atomic E-state index is 0.0776. The van der Waals surface area contributed by atoms with Gasteiger partial charge in [0.05, 0.1) is 9.95 Å². The van der Waals surface area contributed by atoms with E-state index < -0.39 is 11.0 Å². The Morgan fingerprint density at radius 2 is 2.32 bits per heavy atom. The van der Waals surface area contributed by atoms with E-state index in [1.54, 1.807) is 0 Å². The predicted octanol–water partition coefficient (Wildman–Crippen LogP) is 1.99. The lowest BCUT2D eigenvalue weighted by atomic mass is 10.3. The number of nitrogens with zero attached hydrogens (tertiary/aromatic N) is 1. The van der Waals surface area contributed by atoms with Crippen molar-refractivity contribution >= 4 is 17.3 Å². The van der Waals surface area contributed by atoms with Crippen LogP contribution in [0.1, 0.15) is 13.3 Å². The van der Waals surface area contributed by atoms with Gasteiger partial charge in [-0.15, -0.1) is 0 Å². The van der Waals surface area contributed by atoms with Crippen LogP contribution in [0.15, 0.2) is 18.2 Å². The van der Waals surface area contributed by atoms with Gasteiger partial charge in [0.2, 0.25) is 0 Å². The molecule has 0 aromatic heterocycles. The van der Waals surface area contributed by atoms with Crippen LogP contribution in [0.3, 0.4) is 0 Å². The molecular weight excluding hydrogens is 272 g/mol. The number of rotatable bonds is 8. The molecule has 0 radical (unpaired) electrons. The fourth-order valence-corrected chi connectivity index (χ4v) is 1.64. The van der Waals surface area contributed by atoms with Gasteiger partial charge in [-0.2, -0.15) is 0 Å². The predicted molar refractivity (Wildman–Crippen MR) is 72.8 cm³/mol. The molecule has 1 aromatic carbocycles. The van der Waals surface area contributed by atoms with E-state index in [4.69, 9.17) is 16.3 Å². The van der Waals surface area contributed by atoms with E-state index in [9.17, 15) is 15.2 Å². The lowest BCUT2D eigenvalue weighted by molar-refractivity contribution is -0.384. The van der Waals surface area contributed by atoms with Crippen molar-refractivity contribution in [2.24, 2.45) is 0 Å². The molecule has 1 rings (SSSR count). The molecule has 0 aliphatic carbocycles. The van der Waals surface area contributed by atoms with Gasteiger partial charge in [0.1, 0.15) is 18.5 Å². The minimum Gasteiger partial charge on any atom is -0.489 e. The first-order valence-corrected chi connectivity index (χ1v) is 6.38. The topological polar surface area (TPSA) is 84.6 Å². The highest BCUT2D eigenvalue weighted by atomic mass is 35.5. The Labute approximate surface area is 116 Å². The maximum absolute atomic E-state index is 10.5. The number of nitro benzene ring substituents is 1. The first-order chi connectivity index (χ1) is 9.04. The number of aliphatic hydroxyl groups is 1. The first kappa shape index (κ1) is 15.7. The molecule has 106 valence electrons. The van der Waals surface area contributed by atoms with Crippen molar-refractivity contribution in [3.8, 4) is 5.75 Å². The third kappa shape index (κ3) is 5.42. The van der Waals surface area contributed by atoms with Crippen molar-refractivity contribution in [3.05, 3.63) is 33.3 Å². The molecule has 0 aliphatic rings. The zero-order valence-electron chi connectivity index (χ0n) is 10.6. The summed E-state index contributed by atoms with van der Waals surface area (Å²) in [4.78, 5) is 10.0. The molecule has 0 fully saturated rings. The molecule has 0 heterocycles. The summed E-state index contributed by atoms with van der Waals surface area (Å²) in [6, 6.07) is 3.95. The van der Waals surface area contributed by atoms with Gasteiger partial charge in [-0.3, -0.25) is 10.1 Å². The number of hydrogen-bond acceptors (Lipinski definition) is 5. The Kier molecular flexibility index (Phi) is 6.55. The molecule has 6 nitrogen and oxygen atoms in total. The van der Waals surface area contributed by atoms with Gasteiger partial charge in [-0.1, -0.05) is 18.5 Å². The van der Waals surface area contributed by atoms with Crippen molar-refractivity contribution in [2.45, 2.75) is 19.4 Å². The summed E-state index contributed by atoms with van der Waals surface area (Å²) < 4.78 is 5.32. The van der Waals surface area contributed by atoms with Crippen LogP contribution in [0.2, 0.25) is 5.02 Å². The van der Waals surface area contributed by atoms with Crippen LogP contribution in [-0.4, -0.2) is 35.8 Å². The average molecular weight is 289 g/mol. The van der Waals surface area contributed by atoms with Gasteiger partial charge in [0, 0.05) is 18.7 Å². The number of nitrogens with one attached hydrogen (secondary N) is 1. The van der Waals surface area contributed by atoms with Crippen molar-refractivity contribution in [1.82, 2.24) is 5.32 Å². The van der Waals surface area contributed by atoms with Crippen LogP contribution in [0.5, 0.6) is 5.75 Å². The van der Waals surface area contributed by atoms with Gasteiger partial charge in [-0.05, 0) is 19.0 Å². The monoisotopic (exact) mass is 288 g/mol. The van der Waals surface area contributed by atoms with E-state index >= 15 is 0 Å². The fraction of sp³-hybridized carbons (Fsp3) is 0.500. The summed E-state index contributed by atoms with van der Waals surface area (Å²) >= 11 is 5.86. The molecule has 7 heteroatoms. The van der Waals surface area contributed by atoms with Crippen LogP contribution < -0.4 is 10.1 Å². The third-order valence-electron chi connectivity index (χ3n) is 2.36. The largest absolute Gasteiger partial charge is 0.489 e. The first-order valence-electron chi connectivity index (χ1n) is 6.00. The second kappa shape index (κ2) is 7.93. The van der Waals surface area contributed by atoms with E-state index in [0.29, 0.717) is 12.3 Å². The highest BCUT2D eigenvalue weighted by molar-refractivity contribution is 6.32. The smallest absolute Gasteiger partial charge is 0.271 e. The summed E-state index contributed by atoms with van der Waals surface area (Å²) in [5, 5.41) is 23.4. The average Bonchev–Trinajstić information content (AvgIpc) is 2.37. The second-order valence-electron chi connectivity index (χ2n) is 4.04. The van der Waals surface area contributed by atoms with Crippen LogP contribution in [0.25, 0.3) is 0 Å². The number of non-ortho nitro benzene ring substituents is 1. The fourth-order valence-electron chi connectivity index (χ4n) is 1.41.